The first kappa shape index (κ1) is 20.4. The quantitative estimate of drug-likeness (QED) is 0.617. The van der Waals surface area contributed by atoms with Gasteiger partial charge in [0.05, 0.1) is 15.9 Å². The Hall–Kier alpha value is -1.93. The van der Waals surface area contributed by atoms with Gasteiger partial charge in [-0.1, -0.05) is 26.7 Å². The standard InChI is InChI=1S/C18H28N4O3S/c1-3-5-6-11-20-18(23)10-9-17-21-15-13-14(26(19,24)25)7-8-16(15)22(17)12-4-2/h7-8,13H,3-6,9-12H2,1-2H3,(H,20,23)(H2,19,24,25). The molecular weight excluding hydrogens is 352 g/mol. The van der Waals surface area contributed by atoms with Gasteiger partial charge in [0.2, 0.25) is 15.9 Å². The third-order valence-corrected chi connectivity index (χ3v) is 5.16. The third kappa shape index (κ3) is 5.28. The number of carbonyl (C=O) groups excluding carboxylic acids is 1. The molecule has 8 heteroatoms. The zero-order valence-corrected chi connectivity index (χ0v) is 16.3. The molecule has 1 amide bonds. The molecule has 26 heavy (non-hydrogen) atoms. The normalized spacial score (nSPS) is 11.8. The van der Waals surface area contributed by atoms with Crippen LogP contribution in [0.25, 0.3) is 11.0 Å². The predicted molar refractivity (Wildman–Crippen MR) is 102 cm³/mol. The van der Waals surface area contributed by atoms with Crippen molar-refractivity contribution in [2.75, 3.05) is 6.54 Å². The molecule has 0 saturated carbocycles. The van der Waals surface area contributed by atoms with E-state index in [2.05, 4.69) is 24.1 Å². The van der Waals surface area contributed by atoms with Gasteiger partial charge in [-0.3, -0.25) is 4.79 Å². The van der Waals surface area contributed by atoms with E-state index in [0.717, 1.165) is 43.6 Å². The van der Waals surface area contributed by atoms with Crippen LogP contribution in [-0.4, -0.2) is 30.4 Å². The van der Waals surface area contributed by atoms with Crippen molar-refractivity contribution in [3.05, 3.63) is 24.0 Å². The number of sulfonamides is 1. The predicted octanol–water partition coefficient (Wildman–Crippen LogP) is 2.33. The largest absolute Gasteiger partial charge is 0.356 e. The van der Waals surface area contributed by atoms with E-state index in [4.69, 9.17) is 5.14 Å². The van der Waals surface area contributed by atoms with Gasteiger partial charge in [-0.2, -0.15) is 0 Å². The van der Waals surface area contributed by atoms with Gasteiger partial charge in [0.1, 0.15) is 5.82 Å². The van der Waals surface area contributed by atoms with E-state index >= 15 is 0 Å². The lowest BCUT2D eigenvalue weighted by Gasteiger charge is -2.08. The fourth-order valence-electron chi connectivity index (χ4n) is 2.92. The van der Waals surface area contributed by atoms with Crippen LogP contribution in [0, 0.1) is 0 Å². The maximum absolute atomic E-state index is 12.0. The minimum absolute atomic E-state index is 0.0152. The van der Waals surface area contributed by atoms with Crippen molar-refractivity contribution in [3.63, 3.8) is 0 Å². The monoisotopic (exact) mass is 380 g/mol. The van der Waals surface area contributed by atoms with E-state index in [9.17, 15) is 13.2 Å². The minimum atomic E-state index is -3.76. The summed E-state index contributed by atoms with van der Waals surface area (Å²) in [6.45, 7) is 5.66. The van der Waals surface area contributed by atoms with Gasteiger partial charge in [0.25, 0.3) is 0 Å². The molecule has 0 bridgehead atoms. The van der Waals surface area contributed by atoms with Crippen molar-refractivity contribution >= 4 is 27.0 Å². The van der Waals surface area contributed by atoms with Crippen LogP contribution in [0.2, 0.25) is 0 Å². The lowest BCUT2D eigenvalue weighted by Crippen LogP contribution is -2.25. The van der Waals surface area contributed by atoms with Crippen molar-refractivity contribution in [2.24, 2.45) is 5.14 Å². The first-order valence-corrected chi connectivity index (χ1v) is 10.7. The zero-order valence-electron chi connectivity index (χ0n) is 15.5. The molecule has 1 heterocycles. The molecule has 2 rings (SSSR count). The van der Waals surface area contributed by atoms with Crippen LogP contribution in [0.3, 0.4) is 0 Å². The lowest BCUT2D eigenvalue weighted by molar-refractivity contribution is -0.121. The smallest absolute Gasteiger partial charge is 0.238 e. The van der Waals surface area contributed by atoms with E-state index in [1.807, 2.05) is 4.57 Å². The fraction of sp³-hybridized carbons (Fsp3) is 0.556. The molecule has 0 aliphatic heterocycles. The number of nitrogens with zero attached hydrogens (tertiary/aromatic N) is 2. The summed E-state index contributed by atoms with van der Waals surface area (Å²) in [5, 5.41) is 8.13. The number of rotatable bonds is 10. The van der Waals surface area contributed by atoms with Crippen molar-refractivity contribution in [3.8, 4) is 0 Å². The van der Waals surface area contributed by atoms with Gasteiger partial charge < -0.3 is 9.88 Å². The summed E-state index contributed by atoms with van der Waals surface area (Å²) in [6, 6.07) is 4.72. The first-order chi connectivity index (χ1) is 12.4. The molecule has 7 nitrogen and oxygen atoms in total. The average molecular weight is 381 g/mol. The summed E-state index contributed by atoms with van der Waals surface area (Å²) in [6.07, 6.45) is 5.02. The number of amides is 1. The highest BCUT2D eigenvalue weighted by molar-refractivity contribution is 7.89. The molecule has 1 aromatic carbocycles. The van der Waals surface area contributed by atoms with Crippen molar-refractivity contribution in [1.82, 2.24) is 14.9 Å². The second-order valence-corrected chi connectivity index (χ2v) is 7.99. The van der Waals surface area contributed by atoms with Gasteiger partial charge in [0, 0.05) is 25.9 Å². The number of aryl methyl sites for hydroxylation is 2. The van der Waals surface area contributed by atoms with E-state index in [0.29, 0.717) is 24.9 Å². The van der Waals surface area contributed by atoms with Crippen LogP contribution in [0.15, 0.2) is 23.1 Å². The fourth-order valence-corrected chi connectivity index (χ4v) is 3.45. The number of primary sulfonamides is 1. The SMILES string of the molecule is CCCCCNC(=O)CCc1nc2cc(S(N)(=O)=O)ccc2n1CCC. The first-order valence-electron chi connectivity index (χ1n) is 9.15. The second kappa shape index (κ2) is 9.14. The number of benzene rings is 1. The molecule has 0 aliphatic carbocycles. The van der Waals surface area contributed by atoms with Crippen molar-refractivity contribution < 1.29 is 13.2 Å². The maximum Gasteiger partial charge on any atom is 0.238 e. The number of nitrogens with one attached hydrogen (secondary N) is 1. The van der Waals surface area contributed by atoms with Crippen molar-refractivity contribution in [2.45, 2.75) is 63.8 Å². The minimum Gasteiger partial charge on any atom is -0.356 e. The Balaban J connectivity index is 2.15. The number of fused-ring (bicyclic) bond motifs is 1. The molecule has 144 valence electrons. The Morgan fingerprint density at radius 2 is 2.00 bits per heavy atom. The Morgan fingerprint density at radius 3 is 2.65 bits per heavy atom. The molecule has 0 saturated heterocycles. The number of nitrogens with two attached hydrogens (primary N) is 1. The molecule has 0 radical (unpaired) electrons. The summed E-state index contributed by atoms with van der Waals surface area (Å²) >= 11 is 0. The Morgan fingerprint density at radius 1 is 1.23 bits per heavy atom. The second-order valence-electron chi connectivity index (χ2n) is 6.43. The van der Waals surface area contributed by atoms with E-state index in [1.165, 1.54) is 12.1 Å². The van der Waals surface area contributed by atoms with E-state index in [1.54, 1.807) is 6.07 Å². The Bertz CT molecular complexity index is 859. The van der Waals surface area contributed by atoms with E-state index in [-0.39, 0.29) is 10.8 Å². The summed E-state index contributed by atoms with van der Waals surface area (Å²) < 4.78 is 25.1. The topological polar surface area (TPSA) is 107 Å². The molecule has 1 aromatic heterocycles. The highest BCUT2D eigenvalue weighted by atomic mass is 32.2. The van der Waals surface area contributed by atoms with Crippen LogP contribution in [0.1, 0.15) is 51.8 Å². The van der Waals surface area contributed by atoms with Crippen LogP contribution in [0.5, 0.6) is 0 Å². The highest BCUT2D eigenvalue weighted by Gasteiger charge is 2.15. The molecule has 0 atom stereocenters. The molecule has 3 N–H and O–H groups in total. The summed E-state index contributed by atoms with van der Waals surface area (Å²) in [7, 11) is -3.76. The average Bonchev–Trinajstić information content (AvgIpc) is 2.93. The molecule has 0 spiro atoms. The number of aromatic nitrogens is 2. The molecular formula is C18H28N4O3S. The molecule has 0 aliphatic rings. The molecule has 0 unspecified atom stereocenters. The number of carbonyl (C=O) groups is 1. The van der Waals surface area contributed by atoms with Gasteiger partial charge >= 0.3 is 0 Å². The summed E-state index contributed by atoms with van der Waals surface area (Å²) in [4.78, 5) is 16.6. The number of imidazole rings is 1. The highest BCUT2D eigenvalue weighted by Crippen LogP contribution is 2.21. The summed E-state index contributed by atoms with van der Waals surface area (Å²) in [5.41, 5.74) is 1.45. The van der Waals surface area contributed by atoms with E-state index < -0.39 is 10.0 Å². The molecule has 0 fully saturated rings. The zero-order chi connectivity index (χ0) is 19.2. The van der Waals surface area contributed by atoms with Crippen molar-refractivity contribution in [1.29, 1.82) is 0 Å². The van der Waals surface area contributed by atoms with Gasteiger partial charge in [0.15, 0.2) is 0 Å². The Labute approximate surface area is 155 Å². The van der Waals surface area contributed by atoms with Crippen LogP contribution in [0.4, 0.5) is 0 Å². The van der Waals surface area contributed by atoms with Gasteiger partial charge in [-0.15, -0.1) is 0 Å². The molecule has 2 aromatic rings. The van der Waals surface area contributed by atoms with Gasteiger partial charge in [-0.25, -0.2) is 18.5 Å². The number of unbranched alkanes of at least 4 members (excludes halogenated alkanes) is 2. The van der Waals surface area contributed by atoms with Crippen LogP contribution in [-0.2, 0) is 27.8 Å². The summed E-state index contributed by atoms with van der Waals surface area (Å²) in [5.74, 6) is 0.804. The Kier molecular flexibility index (Phi) is 7.16. The maximum atomic E-state index is 12.0. The number of hydrogen-bond donors (Lipinski definition) is 2. The van der Waals surface area contributed by atoms with Crippen LogP contribution < -0.4 is 10.5 Å². The van der Waals surface area contributed by atoms with Gasteiger partial charge in [-0.05, 0) is 31.0 Å². The lowest BCUT2D eigenvalue weighted by atomic mass is 10.2. The number of hydrogen-bond acceptors (Lipinski definition) is 4. The van der Waals surface area contributed by atoms with Crippen LogP contribution >= 0.6 is 0 Å². The third-order valence-electron chi connectivity index (χ3n) is 4.25.